The van der Waals surface area contributed by atoms with Crippen molar-refractivity contribution >= 4 is 5.91 Å². The normalized spacial score (nSPS) is 17.1. The summed E-state index contributed by atoms with van der Waals surface area (Å²) < 4.78 is 0. The van der Waals surface area contributed by atoms with Crippen LogP contribution in [0.2, 0.25) is 0 Å². The molecule has 0 aromatic heterocycles. The Morgan fingerprint density at radius 3 is 2.73 bits per heavy atom. The van der Waals surface area contributed by atoms with Crippen molar-refractivity contribution in [2.75, 3.05) is 26.2 Å². The molecule has 0 atom stereocenters. The minimum absolute atomic E-state index is 0.171. The molecule has 1 amide bonds. The van der Waals surface area contributed by atoms with Crippen LogP contribution in [0.5, 0.6) is 0 Å². The van der Waals surface area contributed by atoms with E-state index in [2.05, 4.69) is 11.4 Å². The van der Waals surface area contributed by atoms with Gasteiger partial charge in [-0.2, -0.15) is 5.26 Å². The molecule has 0 spiro atoms. The fraction of sp³-hybridized carbons (Fsp3) is 0.818. The predicted octanol–water partition coefficient (Wildman–Crippen LogP) is 0.748. The van der Waals surface area contributed by atoms with E-state index in [-0.39, 0.29) is 11.8 Å². The van der Waals surface area contributed by atoms with E-state index in [9.17, 15) is 4.79 Å². The standard InChI is InChI=1S/C11H19N3O/c1-2-14(9-3-6-12)11(15)10-4-7-13-8-5-10/h10,13H,2-5,7-9H2,1H3. The molecule has 0 unspecified atom stereocenters. The Kier molecular flexibility index (Phi) is 5.13. The number of hydrogen-bond acceptors (Lipinski definition) is 3. The number of nitriles is 1. The lowest BCUT2D eigenvalue weighted by Crippen LogP contribution is -2.41. The Balaban J connectivity index is 2.44. The molecule has 4 nitrogen and oxygen atoms in total. The van der Waals surface area contributed by atoms with Gasteiger partial charge in [0.05, 0.1) is 12.5 Å². The lowest BCUT2D eigenvalue weighted by Gasteiger charge is -2.28. The van der Waals surface area contributed by atoms with Crippen LogP contribution in [0.1, 0.15) is 26.2 Å². The van der Waals surface area contributed by atoms with Crippen LogP contribution in [0.15, 0.2) is 0 Å². The smallest absolute Gasteiger partial charge is 0.225 e. The summed E-state index contributed by atoms with van der Waals surface area (Å²) in [5.74, 6) is 0.402. The van der Waals surface area contributed by atoms with Gasteiger partial charge in [0.2, 0.25) is 5.91 Å². The largest absolute Gasteiger partial charge is 0.342 e. The first-order valence-corrected chi connectivity index (χ1v) is 5.66. The zero-order valence-corrected chi connectivity index (χ0v) is 9.33. The van der Waals surface area contributed by atoms with Gasteiger partial charge in [-0.3, -0.25) is 4.79 Å². The Labute approximate surface area is 91.2 Å². The molecular formula is C11H19N3O. The molecular weight excluding hydrogens is 190 g/mol. The van der Waals surface area contributed by atoms with Crippen LogP contribution < -0.4 is 5.32 Å². The van der Waals surface area contributed by atoms with Crippen molar-refractivity contribution in [2.45, 2.75) is 26.2 Å². The van der Waals surface area contributed by atoms with Gasteiger partial charge in [-0.05, 0) is 32.9 Å². The van der Waals surface area contributed by atoms with Gasteiger partial charge in [0.25, 0.3) is 0 Å². The fourth-order valence-corrected chi connectivity index (χ4v) is 1.94. The minimum atomic E-state index is 0.171. The summed E-state index contributed by atoms with van der Waals surface area (Å²) in [7, 11) is 0. The predicted molar refractivity (Wildman–Crippen MR) is 58.1 cm³/mol. The van der Waals surface area contributed by atoms with Crippen LogP contribution in [0.25, 0.3) is 0 Å². The summed E-state index contributed by atoms with van der Waals surface area (Å²) in [6.07, 6.45) is 2.30. The van der Waals surface area contributed by atoms with Crippen LogP contribution in [0.3, 0.4) is 0 Å². The topological polar surface area (TPSA) is 56.1 Å². The minimum Gasteiger partial charge on any atom is -0.342 e. The second-order valence-electron chi connectivity index (χ2n) is 3.85. The number of carbonyl (C=O) groups excluding carboxylic acids is 1. The zero-order valence-electron chi connectivity index (χ0n) is 9.33. The first-order chi connectivity index (χ1) is 7.29. The molecule has 1 aliphatic heterocycles. The number of carbonyl (C=O) groups is 1. The quantitative estimate of drug-likeness (QED) is 0.743. The molecule has 1 N–H and O–H groups in total. The Bertz CT molecular complexity index is 241. The molecule has 1 heterocycles. The molecule has 0 aliphatic carbocycles. The van der Waals surface area contributed by atoms with Gasteiger partial charge in [0.1, 0.15) is 0 Å². The van der Waals surface area contributed by atoms with Gasteiger partial charge in [-0.15, -0.1) is 0 Å². The maximum atomic E-state index is 12.0. The lowest BCUT2D eigenvalue weighted by molar-refractivity contribution is -0.136. The third-order valence-corrected chi connectivity index (χ3v) is 2.88. The van der Waals surface area contributed by atoms with Gasteiger partial charge in [0, 0.05) is 19.0 Å². The van der Waals surface area contributed by atoms with Crippen molar-refractivity contribution in [3.63, 3.8) is 0 Å². The van der Waals surface area contributed by atoms with Crippen molar-refractivity contribution in [3.8, 4) is 6.07 Å². The highest BCUT2D eigenvalue weighted by Crippen LogP contribution is 2.15. The van der Waals surface area contributed by atoms with Crippen molar-refractivity contribution in [2.24, 2.45) is 5.92 Å². The van der Waals surface area contributed by atoms with Crippen molar-refractivity contribution in [1.82, 2.24) is 10.2 Å². The summed E-state index contributed by atoms with van der Waals surface area (Å²) in [6.45, 7) is 5.13. The first-order valence-electron chi connectivity index (χ1n) is 5.66. The lowest BCUT2D eigenvalue weighted by atomic mass is 9.96. The molecule has 0 saturated carbocycles. The van der Waals surface area contributed by atoms with Crippen LogP contribution in [0, 0.1) is 17.2 Å². The zero-order chi connectivity index (χ0) is 11.1. The monoisotopic (exact) mass is 209 g/mol. The summed E-state index contributed by atoms with van der Waals surface area (Å²) in [5.41, 5.74) is 0. The molecule has 1 aliphatic rings. The molecule has 0 bridgehead atoms. The number of rotatable bonds is 4. The van der Waals surface area contributed by atoms with E-state index in [4.69, 9.17) is 5.26 Å². The average molecular weight is 209 g/mol. The molecule has 1 fully saturated rings. The first kappa shape index (κ1) is 12.0. The number of piperidine rings is 1. The average Bonchev–Trinajstić information content (AvgIpc) is 2.31. The Morgan fingerprint density at radius 1 is 1.53 bits per heavy atom. The second-order valence-corrected chi connectivity index (χ2v) is 3.85. The number of nitrogens with zero attached hydrogens (tertiary/aromatic N) is 2. The van der Waals surface area contributed by atoms with Crippen molar-refractivity contribution in [1.29, 1.82) is 5.26 Å². The maximum absolute atomic E-state index is 12.0. The van der Waals surface area contributed by atoms with E-state index in [0.29, 0.717) is 19.5 Å². The summed E-state index contributed by atoms with van der Waals surface area (Å²) >= 11 is 0. The summed E-state index contributed by atoms with van der Waals surface area (Å²) in [6, 6.07) is 2.08. The van der Waals surface area contributed by atoms with E-state index in [0.717, 1.165) is 25.9 Å². The van der Waals surface area contributed by atoms with E-state index < -0.39 is 0 Å². The SMILES string of the molecule is CCN(CCC#N)C(=O)C1CCNCC1. The Hall–Kier alpha value is -1.08. The third kappa shape index (κ3) is 3.52. The molecule has 1 saturated heterocycles. The highest BCUT2D eigenvalue weighted by Gasteiger charge is 2.24. The van der Waals surface area contributed by atoms with E-state index >= 15 is 0 Å². The maximum Gasteiger partial charge on any atom is 0.225 e. The van der Waals surface area contributed by atoms with Crippen LogP contribution in [-0.2, 0) is 4.79 Å². The third-order valence-electron chi connectivity index (χ3n) is 2.88. The molecule has 1 rings (SSSR count). The van der Waals surface area contributed by atoms with Crippen LogP contribution >= 0.6 is 0 Å². The van der Waals surface area contributed by atoms with Crippen LogP contribution in [0.4, 0.5) is 0 Å². The summed E-state index contributed by atoms with van der Waals surface area (Å²) in [4.78, 5) is 13.8. The van der Waals surface area contributed by atoms with Gasteiger partial charge in [-0.1, -0.05) is 0 Å². The molecule has 4 heteroatoms. The number of hydrogen-bond donors (Lipinski definition) is 1. The molecule has 84 valence electrons. The van der Waals surface area contributed by atoms with E-state index in [1.165, 1.54) is 0 Å². The van der Waals surface area contributed by atoms with Gasteiger partial charge >= 0.3 is 0 Å². The van der Waals surface area contributed by atoms with Crippen molar-refractivity contribution in [3.05, 3.63) is 0 Å². The highest BCUT2D eigenvalue weighted by molar-refractivity contribution is 5.79. The molecule has 0 radical (unpaired) electrons. The fourth-order valence-electron chi connectivity index (χ4n) is 1.94. The van der Waals surface area contributed by atoms with Gasteiger partial charge in [0.15, 0.2) is 0 Å². The highest BCUT2D eigenvalue weighted by atomic mass is 16.2. The molecule has 0 aromatic carbocycles. The number of amides is 1. The number of nitrogens with one attached hydrogen (secondary N) is 1. The van der Waals surface area contributed by atoms with E-state index in [1.54, 1.807) is 4.90 Å². The summed E-state index contributed by atoms with van der Waals surface area (Å²) in [5, 5.41) is 11.8. The van der Waals surface area contributed by atoms with Crippen LogP contribution in [-0.4, -0.2) is 37.0 Å². The second kappa shape index (κ2) is 6.41. The van der Waals surface area contributed by atoms with Gasteiger partial charge in [-0.25, -0.2) is 0 Å². The van der Waals surface area contributed by atoms with Gasteiger partial charge < -0.3 is 10.2 Å². The Morgan fingerprint density at radius 2 is 2.20 bits per heavy atom. The van der Waals surface area contributed by atoms with E-state index in [1.807, 2.05) is 6.92 Å². The molecule has 0 aromatic rings. The molecule has 15 heavy (non-hydrogen) atoms. The van der Waals surface area contributed by atoms with Crippen molar-refractivity contribution < 1.29 is 4.79 Å².